The number of aliphatic hydroxyl groups excluding tert-OH is 1. The summed E-state index contributed by atoms with van der Waals surface area (Å²) in [7, 11) is 1.09. The highest BCUT2D eigenvalue weighted by atomic mass is 35.5. The van der Waals surface area contributed by atoms with Crippen LogP contribution in [0.5, 0.6) is 5.75 Å². The van der Waals surface area contributed by atoms with Gasteiger partial charge in [-0.3, -0.25) is 0 Å². The number of alkyl halides is 2. The third-order valence-corrected chi connectivity index (χ3v) is 2.25. The maximum atomic E-state index is 13.5. The lowest BCUT2D eigenvalue weighted by Gasteiger charge is -2.19. The fourth-order valence-electron chi connectivity index (χ4n) is 1.31. The van der Waals surface area contributed by atoms with Gasteiger partial charge in [-0.1, -0.05) is 11.6 Å². The summed E-state index contributed by atoms with van der Waals surface area (Å²) in [5.41, 5.74) is -0.658. The molecule has 0 atom stereocenters. The largest absolute Gasteiger partial charge is 0.493 e. The standard InChI is InChI=1S/C10H10ClF3O2/c1-16-9-7(10(13,14)2-3-15)4-6(11)5-8(9)12/h4-5,15H,2-3H2,1H3. The van der Waals surface area contributed by atoms with Gasteiger partial charge in [-0.2, -0.15) is 0 Å². The molecule has 0 saturated heterocycles. The molecule has 0 spiro atoms. The number of ether oxygens (including phenoxy) is 1. The Morgan fingerprint density at radius 3 is 2.56 bits per heavy atom. The van der Waals surface area contributed by atoms with Gasteiger partial charge in [-0.05, 0) is 12.1 Å². The van der Waals surface area contributed by atoms with Crippen molar-refractivity contribution in [2.45, 2.75) is 12.3 Å². The molecule has 0 bridgehead atoms. The van der Waals surface area contributed by atoms with Crippen molar-refractivity contribution >= 4 is 11.6 Å². The van der Waals surface area contributed by atoms with E-state index in [4.69, 9.17) is 16.7 Å². The molecule has 0 radical (unpaired) electrons. The number of rotatable bonds is 4. The molecular weight excluding hydrogens is 245 g/mol. The van der Waals surface area contributed by atoms with Crippen molar-refractivity contribution in [3.63, 3.8) is 0 Å². The Morgan fingerprint density at radius 2 is 2.06 bits per heavy atom. The second-order valence-electron chi connectivity index (χ2n) is 3.15. The van der Waals surface area contributed by atoms with E-state index in [0.717, 1.165) is 19.2 Å². The summed E-state index contributed by atoms with van der Waals surface area (Å²) in [6, 6.07) is 1.82. The summed E-state index contributed by atoms with van der Waals surface area (Å²) >= 11 is 5.49. The number of aliphatic hydroxyl groups is 1. The molecule has 0 fully saturated rings. The predicted molar refractivity (Wildman–Crippen MR) is 53.6 cm³/mol. The summed E-state index contributed by atoms with van der Waals surface area (Å²) in [6.07, 6.45) is -0.816. The van der Waals surface area contributed by atoms with Gasteiger partial charge >= 0.3 is 0 Å². The molecule has 1 N–H and O–H groups in total. The van der Waals surface area contributed by atoms with E-state index in [-0.39, 0.29) is 5.02 Å². The average Bonchev–Trinajstić information content (AvgIpc) is 2.16. The zero-order valence-corrected chi connectivity index (χ0v) is 9.19. The molecule has 16 heavy (non-hydrogen) atoms. The van der Waals surface area contributed by atoms with E-state index in [0.29, 0.717) is 0 Å². The van der Waals surface area contributed by atoms with Gasteiger partial charge in [0.05, 0.1) is 12.7 Å². The number of benzene rings is 1. The second kappa shape index (κ2) is 4.93. The van der Waals surface area contributed by atoms with Crippen molar-refractivity contribution in [3.8, 4) is 5.75 Å². The van der Waals surface area contributed by atoms with Crippen LogP contribution in [0.2, 0.25) is 5.02 Å². The minimum absolute atomic E-state index is 0.147. The van der Waals surface area contributed by atoms with Crippen LogP contribution in [-0.2, 0) is 5.92 Å². The number of methoxy groups -OCH3 is 1. The Morgan fingerprint density at radius 1 is 1.44 bits per heavy atom. The zero-order chi connectivity index (χ0) is 12.3. The maximum Gasteiger partial charge on any atom is 0.279 e. The molecule has 0 amide bonds. The van der Waals surface area contributed by atoms with E-state index < -0.39 is 36.1 Å². The number of hydrogen-bond donors (Lipinski definition) is 1. The lowest BCUT2D eigenvalue weighted by Crippen LogP contribution is -2.17. The van der Waals surface area contributed by atoms with Gasteiger partial charge in [0, 0.05) is 18.1 Å². The SMILES string of the molecule is COc1c(F)cc(Cl)cc1C(F)(F)CCO. The smallest absolute Gasteiger partial charge is 0.279 e. The van der Waals surface area contributed by atoms with Crippen LogP contribution in [0.15, 0.2) is 12.1 Å². The molecule has 2 nitrogen and oxygen atoms in total. The Bertz CT molecular complexity index is 383. The number of hydrogen-bond acceptors (Lipinski definition) is 2. The Hall–Kier alpha value is -0.940. The van der Waals surface area contributed by atoms with E-state index in [9.17, 15) is 13.2 Å². The quantitative estimate of drug-likeness (QED) is 0.895. The molecule has 0 heterocycles. The normalized spacial score (nSPS) is 11.6. The first-order valence-corrected chi connectivity index (χ1v) is 4.82. The molecule has 1 rings (SSSR count). The Labute approximate surface area is 95.6 Å². The molecule has 0 aliphatic heterocycles. The highest BCUT2D eigenvalue weighted by Crippen LogP contribution is 2.40. The maximum absolute atomic E-state index is 13.5. The lowest BCUT2D eigenvalue weighted by molar-refractivity contribution is -0.0291. The van der Waals surface area contributed by atoms with Crippen LogP contribution in [-0.4, -0.2) is 18.8 Å². The third-order valence-electron chi connectivity index (χ3n) is 2.03. The Balaban J connectivity index is 3.30. The van der Waals surface area contributed by atoms with Gasteiger partial charge in [0.1, 0.15) is 0 Å². The van der Waals surface area contributed by atoms with Gasteiger partial charge in [0.2, 0.25) is 0 Å². The lowest BCUT2D eigenvalue weighted by atomic mass is 10.0. The van der Waals surface area contributed by atoms with Crippen LogP contribution >= 0.6 is 11.6 Å². The van der Waals surface area contributed by atoms with E-state index in [1.54, 1.807) is 0 Å². The molecule has 1 aromatic rings. The second-order valence-corrected chi connectivity index (χ2v) is 3.58. The van der Waals surface area contributed by atoms with Gasteiger partial charge in [0.15, 0.2) is 11.6 Å². The van der Waals surface area contributed by atoms with Crippen molar-refractivity contribution in [2.75, 3.05) is 13.7 Å². The monoisotopic (exact) mass is 254 g/mol. The summed E-state index contributed by atoms with van der Waals surface area (Å²) < 4.78 is 44.8. The van der Waals surface area contributed by atoms with Crippen molar-refractivity contribution in [1.29, 1.82) is 0 Å². The fraction of sp³-hybridized carbons (Fsp3) is 0.400. The first kappa shape index (κ1) is 13.1. The van der Waals surface area contributed by atoms with Gasteiger partial charge in [-0.15, -0.1) is 0 Å². The molecule has 0 aliphatic rings. The third kappa shape index (κ3) is 2.59. The van der Waals surface area contributed by atoms with Crippen LogP contribution in [0.3, 0.4) is 0 Å². The first-order chi connectivity index (χ1) is 7.42. The van der Waals surface area contributed by atoms with Crippen LogP contribution in [0, 0.1) is 5.82 Å². The van der Waals surface area contributed by atoms with E-state index in [2.05, 4.69) is 4.74 Å². The predicted octanol–water partition coefficient (Wildman–Crippen LogP) is 2.96. The molecule has 0 aliphatic carbocycles. The van der Waals surface area contributed by atoms with Crippen LogP contribution < -0.4 is 4.74 Å². The molecule has 6 heteroatoms. The average molecular weight is 255 g/mol. The molecule has 90 valence electrons. The van der Waals surface area contributed by atoms with E-state index >= 15 is 0 Å². The fourth-order valence-corrected chi connectivity index (χ4v) is 1.52. The number of halogens is 4. The molecule has 1 aromatic carbocycles. The summed E-state index contributed by atoms with van der Waals surface area (Å²) in [6.45, 7) is -0.718. The summed E-state index contributed by atoms with van der Waals surface area (Å²) in [5, 5.41) is 8.37. The van der Waals surface area contributed by atoms with E-state index in [1.165, 1.54) is 0 Å². The topological polar surface area (TPSA) is 29.5 Å². The first-order valence-electron chi connectivity index (χ1n) is 4.44. The van der Waals surface area contributed by atoms with Crippen LogP contribution in [0.4, 0.5) is 13.2 Å². The van der Waals surface area contributed by atoms with Crippen LogP contribution in [0.1, 0.15) is 12.0 Å². The van der Waals surface area contributed by atoms with Gasteiger partial charge < -0.3 is 9.84 Å². The molecule has 0 unspecified atom stereocenters. The van der Waals surface area contributed by atoms with Gasteiger partial charge in [-0.25, -0.2) is 13.2 Å². The summed E-state index contributed by atoms with van der Waals surface area (Å²) in [5.74, 6) is -4.89. The molecule has 0 aromatic heterocycles. The minimum Gasteiger partial charge on any atom is -0.493 e. The summed E-state index contributed by atoms with van der Waals surface area (Å²) in [4.78, 5) is 0. The zero-order valence-electron chi connectivity index (χ0n) is 8.44. The molecule has 0 saturated carbocycles. The van der Waals surface area contributed by atoms with Crippen molar-refractivity contribution in [2.24, 2.45) is 0 Å². The van der Waals surface area contributed by atoms with Crippen LogP contribution in [0.25, 0.3) is 0 Å². The highest BCUT2D eigenvalue weighted by Gasteiger charge is 2.35. The Kier molecular flexibility index (Phi) is 4.04. The highest BCUT2D eigenvalue weighted by molar-refractivity contribution is 6.30. The van der Waals surface area contributed by atoms with E-state index in [1.807, 2.05) is 0 Å². The van der Waals surface area contributed by atoms with Crippen molar-refractivity contribution in [1.82, 2.24) is 0 Å². The van der Waals surface area contributed by atoms with Crippen molar-refractivity contribution in [3.05, 3.63) is 28.5 Å². The van der Waals surface area contributed by atoms with Crippen molar-refractivity contribution < 1.29 is 23.0 Å². The minimum atomic E-state index is -3.38. The van der Waals surface area contributed by atoms with Gasteiger partial charge in [0.25, 0.3) is 5.92 Å². The molecular formula is C10H10ClF3O2.